The molecule has 2 aromatic carbocycles. The molecule has 0 aliphatic carbocycles. The number of para-hydroxylation sites is 1. The van der Waals surface area contributed by atoms with Crippen LogP contribution in [-0.4, -0.2) is 45.6 Å². The third kappa shape index (κ3) is 3.29. The first-order valence-electron chi connectivity index (χ1n) is 8.64. The topological polar surface area (TPSA) is 49.9 Å². The molecule has 2 aliphatic heterocycles. The van der Waals surface area contributed by atoms with Gasteiger partial charge in [0.05, 0.1) is 18.1 Å². The molecule has 6 heteroatoms. The molecule has 4 rings (SSSR count). The number of morpholine rings is 1. The molecule has 1 saturated heterocycles. The Balaban J connectivity index is 1.56. The lowest BCUT2D eigenvalue weighted by Gasteiger charge is -2.26. The van der Waals surface area contributed by atoms with Crippen LogP contribution in [-0.2, 0) is 27.7 Å². The van der Waals surface area contributed by atoms with Gasteiger partial charge in [0.15, 0.2) is 0 Å². The summed E-state index contributed by atoms with van der Waals surface area (Å²) in [4.78, 5) is 2.69. The maximum absolute atomic E-state index is 12.8. The molecule has 0 bridgehead atoms. The van der Waals surface area contributed by atoms with Gasteiger partial charge in [-0.1, -0.05) is 30.3 Å². The molecular weight excluding hydrogens is 336 g/mol. The maximum Gasteiger partial charge on any atom is 0.243 e. The fourth-order valence-electron chi connectivity index (χ4n) is 3.53. The number of sulfonamides is 1. The normalized spacial score (nSPS) is 18.3. The Hall–Kier alpha value is -1.89. The molecule has 2 aromatic rings. The summed E-state index contributed by atoms with van der Waals surface area (Å²) in [7, 11) is -3.44. The van der Waals surface area contributed by atoms with E-state index in [0.717, 1.165) is 25.1 Å². The molecule has 0 saturated carbocycles. The van der Waals surface area contributed by atoms with Crippen LogP contribution in [0.15, 0.2) is 53.4 Å². The summed E-state index contributed by atoms with van der Waals surface area (Å²) in [6.07, 6.45) is 1.04. The van der Waals surface area contributed by atoms with Gasteiger partial charge in [-0.05, 0) is 35.7 Å². The fraction of sp³-hybridized carbons (Fsp3) is 0.368. The second kappa shape index (κ2) is 6.78. The Morgan fingerprint density at radius 3 is 2.60 bits per heavy atom. The predicted molar refractivity (Wildman–Crippen MR) is 97.2 cm³/mol. The number of ether oxygens (including phenoxy) is 1. The summed E-state index contributed by atoms with van der Waals surface area (Å²) in [6, 6.07) is 15.8. The van der Waals surface area contributed by atoms with Crippen LogP contribution >= 0.6 is 0 Å². The second-order valence-corrected chi connectivity index (χ2v) is 8.40. The van der Waals surface area contributed by atoms with Gasteiger partial charge in [0.1, 0.15) is 0 Å². The van der Waals surface area contributed by atoms with Gasteiger partial charge in [0.25, 0.3) is 0 Å². The maximum atomic E-state index is 12.8. The molecule has 132 valence electrons. The van der Waals surface area contributed by atoms with E-state index in [1.165, 1.54) is 15.6 Å². The van der Waals surface area contributed by atoms with Gasteiger partial charge in [-0.25, -0.2) is 8.42 Å². The summed E-state index contributed by atoms with van der Waals surface area (Å²) in [6.45, 7) is 3.47. The number of hydrogen-bond acceptors (Lipinski definition) is 4. The SMILES string of the molecule is O=S(=O)(c1cccc(CN2CCc3ccccc32)c1)N1CCOCC1. The van der Waals surface area contributed by atoms with E-state index in [-0.39, 0.29) is 0 Å². The van der Waals surface area contributed by atoms with Crippen LogP contribution < -0.4 is 4.90 Å². The summed E-state index contributed by atoms with van der Waals surface area (Å²) in [5, 5.41) is 0. The van der Waals surface area contributed by atoms with Crippen molar-refractivity contribution in [3.8, 4) is 0 Å². The van der Waals surface area contributed by atoms with Crippen LogP contribution in [0.2, 0.25) is 0 Å². The number of anilines is 1. The highest BCUT2D eigenvalue weighted by atomic mass is 32.2. The summed E-state index contributed by atoms with van der Waals surface area (Å²) < 4.78 is 32.4. The number of nitrogens with zero attached hydrogens (tertiary/aromatic N) is 2. The number of fused-ring (bicyclic) bond motifs is 1. The van der Waals surface area contributed by atoms with Gasteiger partial charge in [-0.3, -0.25) is 0 Å². The van der Waals surface area contributed by atoms with Gasteiger partial charge in [0, 0.05) is 31.9 Å². The van der Waals surface area contributed by atoms with Crippen molar-refractivity contribution in [2.24, 2.45) is 0 Å². The van der Waals surface area contributed by atoms with E-state index in [4.69, 9.17) is 4.74 Å². The molecule has 0 atom stereocenters. The second-order valence-electron chi connectivity index (χ2n) is 6.46. The largest absolute Gasteiger partial charge is 0.379 e. The van der Waals surface area contributed by atoms with Crippen molar-refractivity contribution in [3.05, 3.63) is 59.7 Å². The third-order valence-corrected chi connectivity index (χ3v) is 6.76. The molecule has 2 aliphatic rings. The van der Waals surface area contributed by atoms with Crippen molar-refractivity contribution < 1.29 is 13.2 Å². The molecular formula is C19H22N2O3S. The first kappa shape index (κ1) is 16.6. The lowest BCUT2D eigenvalue weighted by Crippen LogP contribution is -2.40. The van der Waals surface area contributed by atoms with E-state index in [1.807, 2.05) is 18.2 Å². The van der Waals surface area contributed by atoms with Gasteiger partial charge >= 0.3 is 0 Å². The first-order valence-corrected chi connectivity index (χ1v) is 10.1. The molecule has 0 amide bonds. The quantitative estimate of drug-likeness (QED) is 0.841. The molecule has 25 heavy (non-hydrogen) atoms. The van der Waals surface area contributed by atoms with Crippen LogP contribution in [0.5, 0.6) is 0 Å². The van der Waals surface area contributed by atoms with Gasteiger partial charge in [-0.2, -0.15) is 4.31 Å². The van der Waals surface area contributed by atoms with Crippen LogP contribution in [0.25, 0.3) is 0 Å². The Kier molecular flexibility index (Phi) is 4.50. The van der Waals surface area contributed by atoms with E-state index in [1.54, 1.807) is 6.07 Å². The minimum absolute atomic E-state index is 0.374. The summed E-state index contributed by atoms with van der Waals surface area (Å²) >= 11 is 0. The van der Waals surface area contributed by atoms with Gasteiger partial charge < -0.3 is 9.64 Å². The van der Waals surface area contributed by atoms with Crippen molar-refractivity contribution >= 4 is 15.7 Å². The summed E-state index contributed by atoms with van der Waals surface area (Å²) in [5.41, 5.74) is 3.63. The van der Waals surface area contributed by atoms with E-state index < -0.39 is 10.0 Å². The molecule has 0 radical (unpaired) electrons. The summed E-state index contributed by atoms with van der Waals surface area (Å²) in [5.74, 6) is 0. The Morgan fingerprint density at radius 2 is 1.76 bits per heavy atom. The van der Waals surface area contributed by atoms with Crippen molar-refractivity contribution in [3.63, 3.8) is 0 Å². The van der Waals surface area contributed by atoms with E-state index in [9.17, 15) is 8.42 Å². The van der Waals surface area contributed by atoms with Crippen LogP contribution in [0.1, 0.15) is 11.1 Å². The monoisotopic (exact) mass is 358 g/mol. The number of benzene rings is 2. The van der Waals surface area contributed by atoms with Crippen LogP contribution in [0, 0.1) is 0 Å². The minimum Gasteiger partial charge on any atom is -0.379 e. The van der Waals surface area contributed by atoms with Crippen molar-refractivity contribution in [1.82, 2.24) is 4.31 Å². The molecule has 1 fully saturated rings. The zero-order chi connectivity index (χ0) is 17.3. The van der Waals surface area contributed by atoms with Gasteiger partial charge in [-0.15, -0.1) is 0 Å². The van der Waals surface area contributed by atoms with Crippen LogP contribution in [0.3, 0.4) is 0 Å². The number of hydrogen-bond donors (Lipinski definition) is 0. The minimum atomic E-state index is -3.44. The van der Waals surface area contributed by atoms with Crippen LogP contribution in [0.4, 0.5) is 5.69 Å². The molecule has 5 nitrogen and oxygen atoms in total. The molecule has 0 unspecified atom stereocenters. The lowest BCUT2D eigenvalue weighted by atomic mass is 10.1. The Labute approximate surface area is 148 Å². The molecule has 0 aromatic heterocycles. The first-order chi connectivity index (χ1) is 12.1. The molecule has 2 heterocycles. The lowest BCUT2D eigenvalue weighted by molar-refractivity contribution is 0.0730. The fourth-order valence-corrected chi connectivity index (χ4v) is 5.01. The highest BCUT2D eigenvalue weighted by Crippen LogP contribution is 2.29. The predicted octanol–water partition coefficient (Wildman–Crippen LogP) is 2.27. The average molecular weight is 358 g/mol. The van der Waals surface area contributed by atoms with Gasteiger partial charge in [0.2, 0.25) is 10.0 Å². The standard InChI is InChI=1S/C19H22N2O3S/c22-25(23,21-10-12-24-13-11-21)18-6-3-4-16(14-18)15-20-9-8-17-5-1-2-7-19(17)20/h1-7,14H,8-13,15H2. The van der Waals surface area contributed by atoms with E-state index >= 15 is 0 Å². The Morgan fingerprint density at radius 1 is 0.960 bits per heavy atom. The highest BCUT2D eigenvalue weighted by molar-refractivity contribution is 7.89. The zero-order valence-corrected chi connectivity index (χ0v) is 14.9. The van der Waals surface area contributed by atoms with E-state index in [2.05, 4.69) is 29.2 Å². The zero-order valence-electron chi connectivity index (χ0n) is 14.1. The smallest absolute Gasteiger partial charge is 0.243 e. The average Bonchev–Trinajstić information content (AvgIpc) is 3.06. The number of rotatable bonds is 4. The van der Waals surface area contributed by atoms with Crippen molar-refractivity contribution in [2.45, 2.75) is 17.9 Å². The molecule has 0 N–H and O–H groups in total. The highest BCUT2D eigenvalue weighted by Gasteiger charge is 2.26. The van der Waals surface area contributed by atoms with Crippen molar-refractivity contribution in [2.75, 3.05) is 37.7 Å². The molecule has 0 spiro atoms. The van der Waals surface area contributed by atoms with E-state index in [0.29, 0.717) is 31.2 Å². The van der Waals surface area contributed by atoms with Crippen molar-refractivity contribution in [1.29, 1.82) is 0 Å². The Bertz CT molecular complexity index is 860. The third-order valence-electron chi connectivity index (χ3n) is 4.86.